The molecule has 0 spiro atoms. The fourth-order valence-electron chi connectivity index (χ4n) is 1.29. The smallest absolute Gasteiger partial charge is 0.157 e. The minimum atomic E-state index is 0.211. The van der Waals surface area contributed by atoms with Crippen molar-refractivity contribution in [3.05, 3.63) is 0 Å². The molecule has 0 amide bonds. The van der Waals surface area contributed by atoms with Crippen molar-refractivity contribution in [2.45, 2.75) is 39.2 Å². The highest BCUT2D eigenvalue weighted by Crippen LogP contribution is 2.21. The summed E-state index contributed by atoms with van der Waals surface area (Å²) in [6.45, 7) is 9.10. The van der Waals surface area contributed by atoms with Crippen LogP contribution in [0, 0.1) is 0 Å². The molecule has 0 radical (unpaired) electrons. The molecule has 0 saturated carbocycles. The van der Waals surface area contributed by atoms with Gasteiger partial charge in [-0.1, -0.05) is 18.7 Å². The van der Waals surface area contributed by atoms with E-state index in [1.54, 1.807) is 0 Å². The molecule has 15 heavy (non-hydrogen) atoms. The van der Waals surface area contributed by atoms with Gasteiger partial charge in [-0.25, -0.2) is 0 Å². The minimum Gasteiger partial charge on any atom is -0.381 e. The third kappa shape index (κ3) is 5.42. The summed E-state index contributed by atoms with van der Waals surface area (Å²) in [4.78, 5) is 4.50. The summed E-state index contributed by atoms with van der Waals surface area (Å²) in [5, 5.41) is 4.50. The molecule has 0 bridgehead atoms. The lowest BCUT2D eigenvalue weighted by atomic mass is 10.1. The number of nitrogens with one attached hydrogen (secondary N) is 1. The average molecular weight is 230 g/mol. The normalized spacial score (nSPS) is 21.9. The summed E-state index contributed by atoms with van der Waals surface area (Å²) < 4.78 is 5.39. The van der Waals surface area contributed by atoms with Gasteiger partial charge in [0.05, 0.1) is 0 Å². The average Bonchev–Trinajstić information content (AvgIpc) is 2.52. The summed E-state index contributed by atoms with van der Waals surface area (Å²) in [5.74, 6) is 1.11. The van der Waals surface area contributed by atoms with Crippen LogP contribution < -0.4 is 5.32 Å². The molecule has 1 aliphatic rings. The predicted octanol–water partition coefficient (Wildman–Crippen LogP) is 2.27. The van der Waals surface area contributed by atoms with Crippen molar-refractivity contribution in [3.8, 4) is 0 Å². The van der Waals surface area contributed by atoms with E-state index < -0.39 is 0 Å². The van der Waals surface area contributed by atoms with Gasteiger partial charge in [0, 0.05) is 31.1 Å². The molecule has 0 aromatic rings. The number of hydrogen-bond donors (Lipinski definition) is 1. The molecule has 1 heterocycles. The molecule has 0 aliphatic carbocycles. The van der Waals surface area contributed by atoms with Gasteiger partial charge in [-0.3, -0.25) is 4.99 Å². The largest absolute Gasteiger partial charge is 0.381 e. The zero-order valence-electron chi connectivity index (χ0n) is 10.0. The van der Waals surface area contributed by atoms with Crippen molar-refractivity contribution in [2.75, 3.05) is 25.5 Å². The molecule has 4 heteroatoms. The lowest BCUT2D eigenvalue weighted by molar-refractivity contribution is 0.134. The first-order chi connectivity index (χ1) is 7.14. The van der Waals surface area contributed by atoms with Crippen LogP contribution in [0.2, 0.25) is 0 Å². The zero-order chi connectivity index (χ0) is 11.1. The van der Waals surface area contributed by atoms with E-state index in [1.165, 1.54) is 0 Å². The topological polar surface area (TPSA) is 33.6 Å². The van der Waals surface area contributed by atoms with E-state index >= 15 is 0 Å². The van der Waals surface area contributed by atoms with Crippen molar-refractivity contribution >= 4 is 16.9 Å². The van der Waals surface area contributed by atoms with E-state index in [9.17, 15) is 0 Å². The fourth-order valence-corrected chi connectivity index (χ4v) is 2.39. The van der Waals surface area contributed by atoms with Gasteiger partial charge >= 0.3 is 0 Å². The van der Waals surface area contributed by atoms with Crippen LogP contribution in [0.25, 0.3) is 0 Å². The van der Waals surface area contributed by atoms with Crippen LogP contribution in [-0.2, 0) is 4.74 Å². The van der Waals surface area contributed by atoms with Gasteiger partial charge in [-0.15, -0.1) is 0 Å². The molecule has 1 fully saturated rings. The fraction of sp³-hybridized carbons (Fsp3) is 0.909. The number of nitrogens with zero attached hydrogens (tertiary/aromatic N) is 1. The Bertz CT molecular complexity index is 217. The maximum Gasteiger partial charge on any atom is 0.157 e. The number of amidine groups is 1. The van der Waals surface area contributed by atoms with Gasteiger partial charge in [0.15, 0.2) is 5.17 Å². The Balaban J connectivity index is 2.06. The summed E-state index contributed by atoms with van der Waals surface area (Å²) in [6.07, 6.45) is 2.12. The van der Waals surface area contributed by atoms with Crippen LogP contribution in [0.5, 0.6) is 0 Å². The summed E-state index contributed by atoms with van der Waals surface area (Å²) in [6, 6.07) is 0. The summed E-state index contributed by atoms with van der Waals surface area (Å²) in [7, 11) is 0. The van der Waals surface area contributed by atoms with Crippen molar-refractivity contribution in [1.29, 1.82) is 0 Å². The molecule has 1 rings (SSSR count). The molecule has 1 N–H and O–H groups in total. The highest BCUT2D eigenvalue weighted by Gasteiger charge is 2.26. The Morgan fingerprint density at radius 3 is 2.87 bits per heavy atom. The molecule has 1 saturated heterocycles. The quantitative estimate of drug-likeness (QED) is 0.711. The van der Waals surface area contributed by atoms with E-state index in [0.29, 0.717) is 0 Å². The van der Waals surface area contributed by atoms with Gasteiger partial charge in [-0.2, -0.15) is 0 Å². The van der Waals surface area contributed by atoms with Crippen molar-refractivity contribution < 1.29 is 4.74 Å². The first kappa shape index (κ1) is 12.8. The van der Waals surface area contributed by atoms with Crippen molar-refractivity contribution in [3.63, 3.8) is 0 Å². The molecule has 1 aliphatic heterocycles. The molecular weight excluding hydrogens is 208 g/mol. The second kappa shape index (κ2) is 6.38. The van der Waals surface area contributed by atoms with Crippen molar-refractivity contribution in [2.24, 2.45) is 4.99 Å². The van der Waals surface area contributed by atoms with E-state index in [2.05, 4.69) is 31.1 Å². The zero-order valence-corrected chi connectivity index (χ0v) is 10.8. The lowest BCUT2D eigenvalue weighted by Crippen LogP contribution is -2.36. The number of rotatable bonds is 6. The van der Waals surface area contributed by atoms with E-state index in [-0.39, 0.29) is 5.54 Å². The van der Waals surface area contributed by atoms with Crippen LogP contribution in [0.3, 0.4) is 0 Å². The van der Waals surface area contributed by atoms with Gasteiger partial charge < -0.3 is 10.1 Å². The minimum absolute atomic E-state index is 0.211. The molecule has 0 unspecified atom stereocenters. The standard InChI is InChI=1S/C11H22N2OS/c1-4-7-14-8-5-6-12-10-13-11(2,3)9-15-10/h4-9H2,1-3H3,(H,12,13). The Morgan fingerprint density at radius 1 is 1.47 bits per heavy atom. The molecule has 88 valence electrons. The van der Waals surface area contributed by atoms with Crippen LogP contribution in [0.1, 0.15) is 33.6 Å². The van der Waals surface area contributed by atoms with Crippen LogP contribution in [0.15, 0.2) is 4.99 Å². The summed E-state index contributed by atoms with van der Waals surface area (Å²) in [5.41, 5.74) is 0.211. The Hall–Kier alpha value is -0.220. The maximum absolute atomic E-state index is 5.39. The number of ether oxygens (including phenoxy) is 1. The number of thioether (sulfide) groups is 1. The predicted molar refractivity (Wildman–Crippen MR) is 67.7 cm³/mol. The first-order valence-electron chi connectivity index (χ1n) is 5.67. The Labute approximate surface area is 97.1 Å². The monoisotopic (exact) mass is 230 g/mol. The van der Waals surface area contributed by atoms with Gasteiger partial charge in [0.2, 0.25) is 0 Å². The first-order valence-corrected chi connectivity index (χ1v) is 6.66. The maximum atomic E-state index is 5.39. The Morgan fingerprint density at radius 2 is 2.27 bits per heavy atom. The van der Waals surface area contributed by atoms with Crippen LogP contribution in [-0.4, -0.2) is 36.2 Å². The molecule has 0 aromatic heterocycles. The molecular formula is C11H22N2OS. The van der Waals surface area contributed by atoms with Gasteiger partial charge in [0.1, 0.15) is 0 Å². The SMILES string of the molecule is CCCOCCCN=C1NC(C)(C)CS1. The molecule has 0 aromatic carbocycles. The third-order valence-electron chi connectivity index (χ3n) is 2.07. The van der Waals surface area contributed by atoms with Crippen molar-refractivity contribution in [1.82, 2.24) is 5.32 Å². The second-order valence-electron chi connectivity index (χ2n) is 4.45. The molecule has 3 nitrogen and oxygen atoms in total. The van der Waals surface area contributed by atoms with Gasteiger partial charge in [0.25, 0.3) is 0 Å². The number of hydrogen-bond acceptors (Lipinski definition) is 3. The van der Waals surface area contributed by atoms with E-state index in [1.807, 2.05) is 11.8 Å². The van der Waals surface area contributed by atoms with Crippen LogP contribution in [0.4, 0.5) is 0 Å². The Kier molecular flexibility index (Phi) is 5.47. The second-order valence-corrected chi connectivity index (χ2v) is 5.41. The lowest BCUT2D eigenvalue weighted by Gasteiger charge is -2.15. The highest BCUT2D eigenvalue weighted by atomic mass is 32.2. The molecule has 0 atom stereocenters. The number of aliphatic imine (C=N–C) groups is 1. The summed E-state index contributed by atoms with van der Waals surface area (Å²) >= 11 is 1.82. The van der Waals surface area contributed by atoms with Crippen LogP contribution >= 0.6 is 11.8 Å². The third-order valence-corrected chi connectivity index (χ3v) is 3.44. The van der Waals surface area contributed by atoms with E-state index in [0.717, 1.165) is 43.5 Å². The van der Waals surface area contributed by atoms with E-state index in [4.69, 9.17) is 4.74 Å². The highest BCUT2D eigenvalue weighted by molar-refractivity contribution is 8.14. The van der Waals surface area contributed by atoms with Gasteiger partial charge in [-0.05, 0) is 26.7 Å².